The van der Waals surface area contributed by atoms with Crippen molar-refractivity contribution in [3.63, 3.8) is 0 Å². The number of esters is 2. The molecule has 0 bridgehead atoms. The minimum Gasteiger partial charge on any atom is -0.480 e. The molecule has 0 spiro atoms. The van der Waals surface area contributed by atoms with Crippen LogP contribution in [0.15, 0.2) is 0 Å². The van der Waals surface area contributed by atoms with Crippen LogP contribution in [-0.2, 0) is 56.6 Å². The van der Waals surface area contributed by atoms with Gasteiger partial charge in [0.15, 0.2) is 6.10 Å². The molecule has 0 fully saturated rings. The summed E-state index contributed by atoms with van der Waals surface area (Å²) in [6, 6.07) is 0. The molecule has 22 heteroatoms. The van der Waals surface area contributed by atoms with Gasteiger partial charge in [-0.25, -0.2) is 4.57 Å². The molecule has 21 nitrogen and oxygen atoms in total. The molecule has 0 rings (SSSR count). The number of rotatable bonds is 41. The molecule has 0 aliphatic heterocycles. The number of hydrogen-bond donors (Lipinski definition) is 6. The highest BCUT2D eigenvalue weighted by atomic mass is 31.2. The highest BCUT2D eigenvalue weighted by molar-refractivity contribution is 7.47. The average Bonchev–Trinajstić information content (AvgIpc) is 3.15. The van der Waals surface area contributed by atoms with Gasteiger partial charge < -0.3 is 40.1 Å². The molecule has 1 amide bonds. The van der Waals surface area contributed by atoms with Crippen molar-refractivity contribution in [2.75, 3.05) is 85.3 Å². The molecule has 0 heterocycles. The zero-order valence-corrected chi connectivity index (χ0v) is 36.2. The van der Waals surface area contributed by atoms with Gasteiger partial charge in [-0.2, -0.15) is 0 Å². The first kappa shape index (κ1) is 56.3. The van der Waals surface area contributed by atoms with Crippen molar-refractivity contribution in [1.29, 1.82) is 0 Å². The van der Waals surface area contributed by atoms with Crippen LogP contribution in [0.1, 0.15) is 110 Å². The number of carbonyl (C=O) groups excluding carboxylic acids is 3. The Morgan fingerprint density at radius 3 is 1.45 bits per heavy atom. The number of nitrogens with one attached hydrogen (secondary N) is 1. The normalized spacial score (nSPS) is 12.9. The molecule has 0 aromatic rings. The summed E-state index contributed by atoms with van der Waals surface area (Å²) in [5.74, 6) is -6.90. The van der Waals surface area contributed by atoms with Gasteiger partial charge in [-0.3, -0.25) is 57.3 Å². The van der Waals surface area contributed by atoms with Crippen molar-refractivity contribution in [3.8, 4) is 0 Å². The third kappa shape index (κ3) is 35.1. The van der Waals surface area contributed by atoms with Crippen molar-refractivity contribution < 1.29 is 82.0 Å². The number of aliphatic carboxylic acids is 4. The van der Waals surface area contributed by atoms with Gasteiger partial charge in [0.25, 0.3) is 0 Å². The summed E-state index contributed by atoms with van der Waals surface area (Å²) in [7, 11) is -4.77. The van der Waals surface area contributed by atoms with Gasteiger partial charge in [0.2, 0.25) is 5.91 Å². The Labute approximate surface area is 352 Å². The van der Waals surface area contributed by atoms with Crippen LogP contribution < -0.4 is 5.32 Å². The van der Waals surface area contributed by atoms with Gasteiger partial charge in [0.1, 0.15) is 6.61 Å². The van der Waals surface area contributed by atoms with Crippen molar-refractivity contribution in [2.24, 2.45) is 0 Å². The number of phosphoric acid groups is 1. The van der Waals surface area contributed by atoms with E-state index in [2.05, 4.69) is 19.2 Å². The Morgan fingerprint density at radius 2 is 0.967 bits per heavy atom. The van der Waals surface area contributed by atoms with E-state index in [-0.39, 0.29) is 45.6 Å². The smallest absolute Gasteiger partial charge is 0.472 e. The maximum Gasteiger partial charge on any atom is 0.472 e. The standard InChI is InChI=1S/C38H69N4O17P/c1-3-5-7-9-10-11-13-14-16-37(52)56-29-31(59-38(53)17-15-12-8-6-4-2)30-58-60(54,55)57-23-18-39-32(43)24-41(26-34(46)47)21-19-40(25-33(44)45)20-22-42(27-35(48)49)28-36(50)51/h31H,3-30H2,1-2H3,(H,39,43)(H,44,45)(H,46,47)(H,48,49)(H,50,51)(H,54,55)/t31-/m1/s1. The van der Waals surface area contributed by atoms with Crippen molar-refractivity contribution in [3.05, 3.63) is 0 Å². The van der Waals surface area contributed by atoms with Crippen molar-refractivity contribution in [2.45, 2.75) is 116 Å². The third-order valence-corrected chi connectivity index (χ3v) is 9.80. The lowest BCUT2D eigenvalue weighted by Gasteiger charge is -2.27. The molecule has 6 N–H and O–H groups in total. The molecule has 0 aliphatic carbocycles. The summed E-state index contributed by atoms with van der Waals surface area (Å²) in [4.78, 5) is 96.5. The number of ether oxygens (including phenoxy) is 2. The minimum absolute atomic E-state index is 0.0760. The van der Waals surface area contributed by atoms with Crippen molar-refractivity contribution in [1.82, 2.24) is 20.0 Å². The molecular weight excluding hydrogens is 815 g/mol. The quantitative estimate of drug-likeness (QED) is 0.0292. The minimum atomic E-state index is -4.77. The van der Waals surface area contributed by atoms with Crippen LogP contribution in [0.4, 0.5) is 0 Å². The van der Waals surface area contributed by atoms with E-state index in [0.29, 0.717) is 12.8 Å². The predicted molar refractivity (Wildman–Crippen MR) is 216 cm³/mol. The molecular formula is C38H69N4O17P. The Bertz CT molecular complexity index is 1310. The lowest BCUT2D eigenvalue weighted by molar-refractivity contribution is -0.161. The van der Waals surface area contributed by atoms with E-state index in [4.69, 9.17) is 28.7 Å². The average molecular weight is 885 g/mol. The van der Waals surface area contributed by atoms with E-state index >= 15 is 0 Å². The maximum absolute atomic E-state index is 12.6. The molecule has 0 aromatic heterocycles. The van der Waals surface area contributed by atoms with Gasteiger partial charge in [0.05, 0.1) is 45.9 Å². The highest BCUT2D eigenvalue weighted by Crippen LogP contribution is 2.43. The van der Waals surface area contributed by atoms with Gasteiger partial charge >= 0.3 is 43.6 Å². The molecule has 0 radical (unpaired) electrons. The molecule has 0 saturated heterocycles. The molecule has 0 saturated carbocycles. The Kier molecular flexibility index (Phi) is 32.8. The van der Waals surface area contributed by atoms with Gasteiger partial charge in [0, 0.05) is 45.6 Å². The summed E-state index contributed by atoms with van der Waals surface area (Å²) in [6.45, 7) is -0.889. The number of phosphoric ester groups is 1. The predicted octanol–water partition coefficient (Wildman–Crippen LogP) is 2.83. The van der Waals surface area contributed by atoms with Crippen LogP contribution in [0, 0.1) is 0 Å². The lowest BCUT2D eigenvalue weighted by Crippen LogP contribution is -2.46. The monoisotopic (exact) mass is 884 g/mol. The van der Waals surface area contributed by atoms with E-state index in [1.807, 2.05) is 0 Å². The Morgan fingerprint density at radius 1 is 0.550 bits per heavy atom. The Balaban J connectivity index is 5.09. The lowest BCUT2D eigenvalue weighted by atomic mass is 10.1. The number of amides is 1. The zero-order valence-electron chi connectivity index (χ0n) is 35.3. The number of hydrogen-bond acceptors (Lipinski definition) is 15. The second-order valence-corrected chi connectivity index (χ2v) is 15.9. The molecule has 0 aliphatic rings. The largest absolute Gasteiger partial charge is 0.480 e. The maximum atomic E-state index is 12.6. The van der Waals surface area contributed by atoms with E-state index in [1.54, 1.807) is 0 Å². The van der Waals surface area contributed by atoms with Gasteiger partial charge in [-0.15, -0.1) is 0 Å². The first-order valence-corrected chi connectivity index (χ1v) is 22.2. The molecule has 0 aromatic carbocycles. The SMILES string of the molecule is CCCCCCCCCCC(=O)OC[C@H](COP(=O)(O)OCCNC(=O)CN(CCN(CCN(CC(=O)O)CC(=O)O)CC(=O)O)CC(=O)O)OC(=O)CCCCCCC. The second-order valence-electron chi connectivity index (χ2n) is 14.4. The second kappa shape index (κ2) is 34.9. The van der Waals surface area contributed by atoms with E-state index in [0.717, 1.165) is 56.3 Å². The molecule has 60 heavy (non-hydrogen) atoms. The third-order valence-electron chi connectivity index (χ3n) is 8.82. The first-order valence-electron chi connectivity index (χ1n) is 20.7. The first-order chi connectivity index (χ1) is 28.5. The molecule has 1 unspecified atom stereocenters. The van der Waals surface area contributed by atoms with Crippen molar-refractivity contribution >= 4 is 49.5 Å². The van der Waals surface area contributed by atoms with E-state index in [1.165, 1.54) is 29.1 Å². The summed E-state index contributed by atoms with van der Waals surface area (Å²) in [5.41, 5.74) is 0. The van der Waals surface area contributed by atoms with Crippen LogP contribution >= 0.6 is 7.82 Å². The van der Waals surface area contributed by atoms with Crippen LogP contribution in [0.5, 0.6) is 0 Å². The number of carbonyl (C=O) groups is 7. The fourth-order valence-corrected chi connectivity index (χ4v) is 6.50. The Hall–Kier alpha value is -3.72. The molecule has 348 valence electrons. The van der Waals surface area contributed by atoms with Gasteiger partial charge in [-0.05, 0) is 12.8 Å². The van der Waals surface area contributed by atoms with E-state index in [9.17, 15) is 53.2 Å². The fourth-order valence-electron chi connectivity index (χ4n) is 5.75. The number of carboxylic acids is 4. The summed E-state index contributed by atoms with van der Waals surface area (Å²) >= 11 is 0. The highest BCUT2D eigenvalue weighted by Gasteiger charge is 2.26. The zero-order chi connectivity index (χ0) is 45.2. The fraction of sp³-hybridized carbons (Fsp3) is 0.816. The van der Waals surface area contributed by atoms with Crippen LogP contribution in [0.3, 0.4) is 0 Å². The summed E-state index contributed by atoms with van der Waals surface area (Å²) in [5, 5.41) is 39.2. The number of nitrogens with zero attached hydrogens (tertiary/aromatic N) is 3. The summed E-state index contributed by atoms with van der Waals surface area (Å²) < 4.78 is 33.3. The number of carboxylic acid groups (broad SMARTS) is 4. The summed E-state index contributed by atoms with van der Waals surface area (Å²) in [6.07, 6.45) is 11.9. The molecule has 2 atom stereocenters. The van der Waals surface area contributed by atoms with Crippen LogP contribution in [-0.4, -0.2) is 173 Å². The van der Waals surface area contributed by atoms with E-state index < -0.39 is 108 Å². The van der Waals surface area contributed by atoms with Crippen LogP contribution in [0.25, 0.3) is 0 Å². The number of unbranched alkanes of at least 4 members (excludes halogenated alkanes) is 11. The topological polar surface area (TPSA) is 296 Å². The van der Waals surface area contributed by atoms with Gasteiger partial charge in [-0.1, -0.05) is 84.5 Å². The van der Waals surface area contributed by atoms with Crippen LogP contribution in [0.2, 0.25) is 0 Å².